The molecule has 0 heterocycles. The van der Waals surface area contributed by atoms with E-state index < -0.39 is 0 Å². The molecule has 0 amide bonds. The minimum absolute atomic E-state index is 0.0651. The summed E-state index contributed by atoms with van der Waals surface area (Å²) in [7, 11) is 0. The third-order valence-electron chi connectivity index (χ3n) is 2.80. The first-order valence-electron chi connectivity index (χ1n) is 5.10. The Bertz CT molecular complexity index is 349. The van der Waals surface area contributed by atoms with Gasteiger partial charge in [-0.3, -0.25) is 0 Å². The van der Waals surface area contributed by atoms with Gasteiger partial charge in [-0.1, -0.05) is 30.4 Å². The van der Waals surface area contributed by atoms with Gasteiger partial charge in [0, 0.05) is 5.56 Å². The van der Waals surface area contributed by atoms with Gasteiger partial charge in [0.1, 0.15) is 6.61 Å². The van der Waals surface area contributed by atoms with E-state index in [1.54, 1.807) is 0 Å². The highest BCUT2D eigenvalue weighted by Gasteiger charge is 2.18. The van der Waals surface area contributed by atoms with Crippen molar-refractivity contribution >= 4 is 0 Å². The van der Waals surface area contributed by atoms with Crippen LogP contribution in [0.15, 0.2) is 24.3 Å². The molecule has 2 rings (SSSR count). The normalized spacial score (nSPS) is 15.5. The maximum Gasteiger partial charge on any atom is 0.104 e. The summed E-state index contributed by atoms with van der Waals surface area (Å²) in [5.41, 5.74) is 2.42. The van der Waals surface area contributed by atoms with E-state index in [9.17, 15) is 0 Å². The first-order chi connectivity index (χ1) is 6.90. The van der Waals surface area contributed by atoms with E-state index in [-0.39, 0.29) is 6.61 Å². The topological polar surface area (TPSA) is 20.2 Å². The second kappa shape index (κ2) is 4.30. The summed E-state index contributed by atoms with van der Waals surface area (Å²) in [4.78, 5) is 0. The quantitative estimate of drug-likeness (QED) is 0.667. The smallest absolute Gasteiger partial charge is 0.104 e. The van der Waals surface area contributed by atoms with E-state index in [1.807, 2.05) is 12.1 Å². The highest BCUT2D eigenvalue weighted by molar-refractivity contribution is 5.37. The Balaban J connectivity index is 2.09. The fraction of sp³-hybridized carbons (Fsp3) is 0.385. The van der Waals surface area contributed by atoms with Crippen molar-refractivity contribution in [1.29, 1.82) is 0 Å². The molecule has 1 aliphatic carbocycles. The number of rotatable bonds is 1. The summed E-state index contributed by atoms with van der Waals surface area (Å²) in [6.07, 6.45) is 4.04. The second-order valence-electron chi connectivity index (χ2n) is 3.71. The fourth-order valence-corrected chi connectivity index (χ4v) is 1.72. The molecule has 0 saturated heterocycles. The highest BCUT2D eigenvalue weighted by Crippen LogP contribution is 2.36. The predicted molar refractivity (Wildman–Crippen MR) is 57.0 cm³/mol. The number of aliphatic hydroxyl groups excluding tert-OH is 1. The molecular weight excluding hydrogens is 172 g/mol. The SMILES string of the molecule is OCC#Cc1ccc(C2CCC2)cc1. The zero-order valence-corrected chi connectivity index (χ0v) is 8.16. The molecule has 0 aliphatic heterocycles. The average Bonchev–Trinajstić information content (AvgIpc) is 2.14. The van der Waals surface area contributed by atoms with Gasteiger partial charge < -0.3 is 5.11 Å². The molecule has 0 aromatic heterocycles. The van der Waals surface area contributed by atoms with Crippen molar-refractivity contribution in [2.75, 3.05) is 6.61 Å². The molecule has 1 N–H and O–H groups in total. The van der Waals surface area contributed by atoms with Crippen molar-refractivity contribution < 1.29 is 5.11 Å². The summed E-state index contributed by atoms with van der Waals surface area (Å²) >= 11 is 0. The van der Waals surface area contributed by atoms with Crippen molar-refractivity contribution in [1.82, 2.24) is 0 Å². The Kier molecular flexibility index (Phi) is 2.86. The van der Waals surface area contributed by atoms with Gasteiger partial charge >= 0.3 is 0 Å². The molecule has 1 heteroatoms. The zero-order chi connectivity index (χ0) is 9.80. The molecule has 0 bridgehead atoms. The zero-order valence-electron chi connectivity index (χ0n) is 8.16. The Morgan fingerprint density at radius 3 is 2.43 bits per heavy atom. The molecule has 1 aromatic carbocycles. The molecule has 1 aliphatic rings. The van der Waals surface area contributed by atoms with E-state index >= 15 is 0 Å². The van der Waals surface area contributed by atoms with E-state index in [1.165, 1.54) is 24.8 Å². The molecule has 72 valence electrons. The Labute approximate surface area is 84.8 Å². The minimum Gasteiger partial charge on any atom is -0.384 e. The van der Waals surface area contributed by atoms with Crippen LogP contribution >= 0.6 is 0 Å². The summed E-state index contributed by atoms with van der Waals surface area (Å²) in [5.74, 6) is 6.33. The number of benzene rings is 1. The minimum atomic E-state index is -0.0651. The summed E-state index contributed by atoms with van der Waals surface area (Å²) in [5, 5.41) is 8.54. The third-order valence-corrected chi connectivity index (χ3v) is 2.80. The monoisotopic (exact) mass is 186 g/mol. The van der Waals surface area contributed by atoms with Gasteiger partial charge in [-0.2, -0.15) is 0 Å². The second-order valence-corrected chi connectivity index (χ2v) is 3.71. The Morgan fingerprint density at radius 2 is 1.93 bits per heavy atom. The lowest BCUT2D eigenvalue weighted by Crippen LogP contribution is -2.08. The fourth-order valence-electron chi connectivity index (χ4n) is 1.72. The largest absolute Gasteiger partial charge is 0.384 e. The van der Waals surface area contributed by atoms with E-state index in [0.29, 0.717) is 0 Å². The lowest BCUT2D eigenvalue weighted by molar-refractivity contribution is 0.350. The summed E-state index contributed by atoms with van der Waals surface area (Å²) in [6, 6.07) is 8.39. The molecule has 1 fully saturated rings. The molecule has 1 saturated carbocycles. The first kappa shape index (κ1) is 9.30. The van der Waals surface area contributed by atoms with Crippen LogP contribution in [0, 0.1) is 11.8 Å². The maximum atomic E-state index is 8.54. The molecule has 14 heavy (non-hydrogen) atoms. The Hall–Kier alpha value is -1.26. The van der Waals surface area contributed by atoms with Crippen LogP contribution < -0.4 is 0 Å². The van der Waals surface area contributed by atoms with Crippen LogP contribution in [0.1, 0.15) is 36.3 Å². The maximum absolute atomic E-state index is 8.54. The van der Waals surface area contributed by atoms with Crippen LogP contribution in [0.2, 0.25) is 0 Å². The van der Waals surface area contributed by atoms with Crippen molar-refractivity contribution in [3.05, 3.63) is 35.4 Å². The molecule has 0 spiro atoms. The van der Waals surface area contributed by atoms with Crippen molar-refractivity contribution in [2.45, 2.75) is 25.2 Å². The van der Waals surface area contributed by atoms with Gasteiger partial charge in [-0.15, -0.1) is 0 Å². The van der Waals surface area contributed by atoms with Crippen molar-refractivity contribution in [3.63, 3.8) is 0 Å². The summed E-state index contributed by atoms with van der Waals surface area (Å²) in [6.45, 7) is -0.0651. The number of aliphatic hydroxyl groups is 1. The van der Waals surface area contributed by atoms with E-state index in [2.05, 4.69) is 24.0 Å². The lowest BCUT2D eigenvalue weighted by atomic mass is 9.80. The molecule has 0 atom stereocenters. The first-order valence-corrected chi connectivity index (χ1v) is 5.10. The number of hydrogen-bond acceptors (Lipinski definition) is 1. The molecule has 0 unspecified atom stereocenters. The van der Waals surface area contributed by atoms with Crippen LogP contribution in [0.25, 0.3) is 0 Å². The van der Waals surface area contributed by atoms with Gasteiger partial charge in [-0.25, -0.2) is 0 Å². The summed E-state index contributed by atoms with van der Waals surface area (Å²) < 4.78 is 0. The van der Waals surface area contributed by atoms with Gasteiger partial charge in [0.15, 0.2) is 0 Å². The van der Waals surface area contributed by atoms with E-state index in [4.69, 9.17) is 5.11 Å². The Morgan fingerprint density at radius 1 is 1.21 bits per heavy atom. The van der Waals surface area contributed by atoms with Gasteiger partial charge in [0.2, 0.25) is 0 Å². The third kappa shape index (κ3) is 1.97. The highest BCUT2D eigenvalue weighted by atomic mass is 16.2. The number of hydrogen-bond donors (Lipinski definition) is 1. The van der Waals surface area contributed by atoms with Crippen LogP contribution in [0.5, 0.6) is 0 Å². The van der Waals surface area contributed by atoms with Crippen LogP contribution in [0.3, 0.4) is 0 Å². The molecular formula is C13H14O. The van der Waals surface area contributed by atoms with Gasteiger partial charge in [0.05, 0.1) is 0 Å². The predicted octanol–water partition coefficient (Wildman–Crippen LogP) is 2.30. The average molecular weight is 186 g/mol. The van der Waals surface area contributed by atoms with Crippen molar-refractivity contribution in [2.24, 2.45) is 0 Å². The van der Waals surface area contributed by atoms with E-state index in [0.717, 1.165) is 11.5 Å². The lowest BCUT2D eigenvalue weighted by Gasteiger charge is -2.25. The van der Waals surface area contributed by atoms with Crippen molar-refractivity contribution in [3.8, 4) is 11.8 Å². The molecule has 1 aromatic rings. The molecule has 0 radical (unpaired) electrons. The molecule has 1 nitrogen and oxygen atoms in total. The van der Waals surface area contributed by atoms with Crippen LogP contribution in [-0.4, -0.2) is 11.7 Å². The standard InChI is InChI=1S/C13H14O/c14-10-2-3-11-6-8-13(9-7-11)12-4-1-5-12/h6-9,12,14H,1,4-5,10H2. The van der Waals surface area contributed by atoms with Gasteiger partial charge in [0.25, 0.3) is 0 Å². The van der Waals surface area contributed by atoms with Crippen LogP contribution in [0.4, 0.5) is 0 Å². The van der Waals surface area contributed by atoms with Crippen LogP contribution in [-0.2, 0) is 0 Å². The van der Waals surface area contributed by atoms with Gasteiger partial charge in [-0.05, 0) is 36.5 Å².